The molecule has 5 heteroatoms. The molecule has 0 saturated carbocycles. The van der Waals surface area contributed by atoms with E-state index in [0.717, 1.165) is 24.3 Å². The summed E-state index contributed by atoms with van der Waals surface area (Å²) in [7, 11) is 0. The fraction of sp³-hybridized carbons (Fsp3) is 0.308. The van der Waals surface area contributed by atoms with E-state index in [-0.39, 0.29) is 0 Å². The first-order valence-corrected chi connectivity index (χ1v) is 5.98. The number of nitrogens with zero attached hydrogens (tertiary/aromatic N) is 4. The number of aromatic nitrogens is 4. The Hall–Kier alpha value is -2.17. The third-order valence-electron chi connectivity index (χ3n) is 2.63. The molecule has 1 atom stereocenters. The van der Waals surface area contributed by atoms with Gasteiger partial charge in [-0.2, -0.15) is 5.10 Å². The maximum atomic E-state index is 4.33. The smallest absolute Gasteiger partial charge is 0.178 e. The van der Waals surface area contributed by atoms with Crippen molar-refractivity contribution in [3.8, 4) is 5.82 Å². The van der Waals surface area contributed by atoms with Crippen LogP contribution in [0.2, 0.25) is 0 Å². The van der Waals surface area contributed by atoms with Gasteiger partial charge in [0.05, 0.1) is 5.69 Å². The van der Waals surface area contributed by atoms with Gasteiger partial charge in [-0.25, -0.2) is 14.6 Å². The molecular formula is C13H17N5. The van der Waals surface area contributed by atoms with Crippen LogP contribution in [-0.4, -0.2) is 25.8 Å². The molecule has 1 unspecified atom stereocenters. The number of anilines is 1. The second-order valence-corrected chi connectivity index (χ2v) is 4.13. The van der Waals surface area contributed by atoms with E-state index < -0.39 is 0 Å². The average Bonchev–Trinajstić information content (AvgIpc) is 2.91. The van der Waals surface area contributed by atoms with Gasteiger partial charge in [-0.15, -0.1) is 6.58 Å². The lowest BCUT2D eigenvalue weighted by molar-refractivity contribution is 0.715. The van der Waals surface area contributed by atoms with Gasteiger partial charge in [-0.1, -0.05) is 6.08 Å². The molecule has 94 valence electrons. The zero-order chi connectivity index (χ0) is 12.8. The van der Waals surface area contributed by atoms with Crippen LogP contribution >= 0.6 is 0 Å². The van der Waals surface area contributed by atoms with Crippen LogP contribution in [0, 0.1) is 0 Å². The van der Waals surface area contributed by atoms with Crippen molar-refractivity contribution in [2.24, 2.45) is 0 Å². The van der Waals surface area contributed by atoms with E-state index in [2.05, 4.69) is 33.9 Å². The molecule has 0 aliphatic heterocycles. The lowest BCUT2D eigenvalue weighted by atomic mass is 10.2. The molecular weight excluding hydrogens is 226 g/mol. The molecule has 5 nitrogen and oxygen atoms in total. The summed E-state index contributed by atoms with van der Waals surface area (Å²) in [6, 6.07) is 4.26. The van der Waals surface area contributed by atoms with Crippen molar-refractivity contribution in [2.45, 2.75) is 25.8 Å². The second-order valence-electron chi connectivity index (χ2n) is 4.13. The van der Waals surface area contributed by atoms with Gasteiger partial charge in [-0.05, 0) is 31.9 Å². The van der Waals surface area contributed by atoms with Crippen LogP contribution in [0.4, 0.5) is 5.69 Å². The highest BCUT2D eigenvalue weighted by Gasteiger charge is 2.08. The molecule has 0 spiro atoms. The molecule has 0 fully saturated rings. The van der Waals surface area contributed by atoms with Crippen molar-refractivity contribution in [3.05, 3.63) is 43.6 Å². The molecule has 2 rings (SSSR count). The summed E-state index contributed by atoms with van der Waals surface area (Å²) in [5.41, 5.74) is 0.958. The highest BCUT2D eigenvalue weighted by atomic mass is 15.3. The SMILES string of the molecule is C=CCCC(C)Nc1cccnc1-n1cncn1. The van der Waals surface area contributed by atoms with E-state index in [1.165, 1.54) is 6.33 Å². The highest BCUT2D eigenvalue weighted by molar-refractivity contribution is 5.56. The van der Waals surface area contributed by atoms with E-state index >= 15 is 0 Å². The number of hydrogen-bond acceptors (Lipinski definition) is 4. The maximum Gasteiger partial charge on any atom is 0.178 e. The van der Waals surface area contributed by atoms with E-state index in [0.29, 0.717) is 6.04 Å². The first-order chi connectivity index (χ1) is 8.81. The molecule has 1 N–H and O–H groups in total. The lowest BCUT2D eigenvalue weighted by Crippen LogP contribution is -2.16. The highest BCUT2D eigenvalue weighted by Crippen LogP contribution is 2.17. The summed E-state index contributed by atoms with van der Waals surface area (Å²) < 4.78 is 1.66. The lowest BCUT2D eigenvalue weighted by Gasteiger charge is -2.16. The third-order valence-corrected chi connectivity index (χ3v) is 2.63. The van der Waals surface area contributed by atoms with Gasteiger partial charge >= 0.3 is 0 Å². The van der Waals surface area contributed by atoms with Crippen molar-refractivity contribution in [3.63, 3.8) is 0 Å². The number of hydrogen-bond donors (Lipinski definition) is 1. The Morgan fingerprint density at radius 3 is 3.17 bits per heavy atom. The largest absolute Gasteiger partial charge is 0.380 e. The van der Waals surface area contributed by atoms with Crippen molar-refractivity contribution in [1.29, 1.82) is 0 Å². The van der Waals surface area contributed by atoms with Crippen LogP contribution < -0.4 is 5.32 Å². The first kappa shape index (κ1) is 12.3. The van der Waals surface area contributed by atoms with Gasteiger partial charge in [0.25, 0.3) is 0 Å². The van der Waals surface area contributed by atoms with E-state index in [4.69, 9.17) is 0 Å². The predicted molar refractivity (Wildman–Crippen MR) is 71.7 cm³/mol. The third kappa shape index (κ3) is 2.94. The van der Waals surface area contributed by atoms with Crippen molar-refractivity contribution in [2.75, 3.05) is 5.32 Å². The molecule has 0 aliphatic carbocycles. The van der Waals surface area contributed by atoms with E-state index in [9.17, 15) is 0 Å². The van der Waals surface area contributed by atoms with Gasteiger partial charge < -0.3 is 5.32 Å². The first-order valence-electron chi connectivity index (χ1n) is 5.98. The Bertz CT molecular complexity index is 492. The number of rotatable bonds is 6. The second kappa shape index (κ2) is 5.95. The molecule has 0 saturated heterocycles. The van der Waals surface area contributed by atoms with Crippen molar-refractivity contribution < 1.29 is 0 Å². The van der Waals surface area contributed by atoms with Gasteiger partial charge in [0.2, 0.25) is 0 Å². The van der Waals surface area contributed by atoms with E-state index in [1.54, 1.807) is 17.2 Å². The van der Waals surface area contributed by atoms with Crippen LogP contribution in [0.1, 0.15) is 19.8 Å². The molecule has 0 bridgehead atoms. The molecule has 0 aliphatic rings. The predicted octanol–water partition coefficient (Wildman–Crippen LogP) is 2.43. The van der Waals surface area contributed by atoms with Crippen molar-refractivity contribution in [1.82, 2.24) is 19.7 Å². The van der Waals surface area contributed by atoms with Crippen molar-refractivity contribution >= 4 is 5.69 Å². The Morgan fingerprint density at radius 1 is 1.56 bits per heavy atom. The van der Waals surface area contributed by atoms with Gasteiger partial charge in [0.1, 0.15) is 12.7 Å². The Morgan fingerprint density at radius 2 is 2.44 bits per heavy atom. The Kier molecular flexibility index (Phi) is 4.06. The summed E-state index contributed by atoms with van der Waals surface area (Å²) in [5.74, 6) is 0.764. The number of allylic oxidation sites excluding steroid dienone is 1. The minimum atomic E-state index is 0.356. The molecule has 0 radical (unpaired) electrons. The maximum absolute atomic E-state index is 4.33. The molecule has 0 amide bonds. The summed E-state index contributed by atoms with van der Waals surface area (Å²) in [6.45, 7) is 5.88. The van der Waals surface area contributed by atoms with Gasteiger partial charge in [-0.3, -0.25) is 0 Å². The quantitative estimate of drug-likeness (QED) is 0.792. The fourth-order valence-electron chi connectivity index (χ4n) is 1.72. The van der Waals surface area contributed by atoms with Crippen LogP contribution in [0.15, 0.2) is 43.6 Å². The Labute approximate surface area is 107 Å². The van der Waals surface area contributed by atoms with Crippen LogP contribution in [0.25, 0.3) is 5.82 Å². The van der Waals surface area contributed by atoms with Crippen LogP contribution in [-0.2, 0) is 0 Å². The number of nitrogens with one attached hydrogen (secondary N) is 1. The monoisotopic (exact) mass is 243 g/mol. The summed E-state index contributed by atoms with van der Waals surface area (Å²) in [6.07, 6.45) is 8.85. The van der Waals surface area contributed by atoms with Gasteiger partial charge in [0, 0.05) is 12.2 Å². The molecule has 2 aromatic rings. The van der Waals surface area contributed by atoms with Crippen LogP contribution in [0.5, 0.6) is 0 Å². The summed E-state index contributed by atoms with van der Waals surface area (Å²) in [5, 5.41) is 7.54. The zero-order valence-electron chi connectivity index (χ0n) is 10.5. The molecule has 18 heavy (non-hydrogen) atoms. The average molecular weight is 243 g/mol. The standard InChI is InChI=1S/C13H17N5/c1-3-4-6-11(2)17-12-7-5-8-15-13(12)18-10-14-9-16-18/h3,5,7-11,17H,1,4,6H2,2H3. The molecule has 0 aromatic carbocycles. The normalized spacial score (nSPS) is 12.1. The van der Waals surface area contributed by atoms with Gasteiger partial charge in [0.15, 0.2) is 5.82 Å². The number of pyridine rings is 1. The summed E-state index contributed by atoms with van der Waals surface area (Å²) in [4.78, 5) is 8.27. The zero-order valence-corrected chi connectivity index (χ0v) is 10.5. The minimum absolute atomic E-state index is 0.356. The molecule has 2 heterocycles. The van der Waals surface area contributed by atoms with Crippen LogP contribution in [0.3, 0.4) is 0 Å². The van der Waals surface area contributed by atoms with E-state index in [1.807, 2.05) is 18.2 Å². The Balaban J connectivity index is 2.15. The molecule has 2 aromatic heterocycles. The topological polar surface area (TPSA) is 55.6 Å². The minimum Gasteiger partial charge on any atom is -0.380 e. The fourth-order valence-corrected chi connectivity index (χ4v) is 1.72. The summed E-state index contributed by atoms with van der Waals surface area (Å²) >= 11 is 0.